The number of carbonyl (C=O) groups excluding carboxylic acids is 2. The largest absolute Gasteiger partial charge is 0.480 e. The van der Waals surface area contributed by atoms with Gasteiger partial charge in [0.15, 0.2) is 11.2 Å². The summed E-state index contributed by atoms with van der Waals surface area (Å²) in [6, 6.07) is 11.9. The number of aryl methyl sites for hydroxylation is 1. The summed E-state index contributed by atoms with van der Waals surface area (Å²) < 4.78 is 17.3. The number of hydrogen-bond donors (Lipinski definition) is 2. The second kappa shape index (κ2) is 9.32. The number of ether oxygens (including phenoxy) is 2. The van der Waals surface area contributed by atoms with Gasteiger partial charge in [0.05, 0.1) is 0 Å². The van der Waals surface area contributed by atoms with Crippen LogP contribution in [0.25, 0.3) is 11.5 Å². The van der Waals surface area contributed by atoms with Gasteiger partial charge in [-0.3, -0.25) is 14.9 Å². The minimum Gasteiger partial charge on any atom is -0.480 e. The second-order valence-corrected chi connectivity index (χ2v) is 8.32. The summed E-state index contributed by atoms with van der Waals surface area (Å²) in [7, 11) is 0. The maximum atomic E-state index is 12.8. The lowest BCUT2D eigenvalue weighted by molar-refractivity contribution is -0.124. The Morgan fingerprint density at radius 2 is 1.97 bits per heavy atom. The van der Waals surface area contributed by atoms with E-state index in [0.717, 1.165) is 5.56 Å². The van der Waals surface area contributed by atoms with E-state index in [1.807, 2.05) is 0 Å². The van der Waals surface area contributed by atoms with Crippen molar-refractivity contribution in [3.63, 3.8) is 0 Å². The molecule has 11 heteroatoms. The quantitative estimate of drug-likeness (QED) is 0.411. The van der Waals surface area contributed by atoms with Gasteiger partial charge in [-0.2, -0.15) is 0 Å². The van der Waals surface area contributed by atoms with Crippen LogP contribution >= 0.6 is 11.3 Å². The predicted octanol–water partition coefficient (Wildman–Crippen LogP) is 3.81. The molecule has 2 amide bonds. The Labute approximate surface area is 197 Å². The first kappa shape index (κ1) is 21.6. The topological polar surface area (TPSA) is 128 Å². The molecule has 0 aliphatic carbocycles. The van der Waals surface area contributed by atoms with Crippen molar-refractivity contribution in [1.82, 2.24) is 20.5 Å². The van der Waals surface area contributed by atoms with Gasteiger partial charge in [-0.1, -0.05) is 0 Å². The van der Waals surface area contributed by atoms with Crippen LogP contribution in [0.2, 0.25) is 0 Å². The third-order valence-electron chi connectivity index (χ3n) is 4.93. The number of aromatic nitrogens is 3. The highest BCUT2D eigenvalue weighted by molar-refractivity contribution is 7.13. The van der Waals surface area contributed by atoms with Crippen molar-refractivity contribution < 1.29 is 23.5 Å². The zero-order valence-corrected chi connectivity index (χ0v) is 18.8. The number of hydrogen-bond acceptors (Lipinski definition) is 9. The molecule has 4 aromatic rings. The molecule has 5 rings (SSSR count). The van der Waals surface area contributed by atoms with E-state index in [1.54, 1.807) is 61.0 Å². The van der Waals surface area contributed by atoms with E-state index in [4.69, 9.17) is 13.9 Å². The van der Waals surface area contributed by atoms with Gasteiger partial charge in [0.2, 0.25) is 11.8 Å². The van der Waals surface area contributed by atoms with Gasteiger partial charge in [-0.15, -0.1) is 21.5 Å². The monoisotopic (exact) mass is 477 g/mol. The number of nitrogens with zero attached hydrogens (tertiary/aromatic N) is 3. The normalized spacial score (nSPS) is 15.1. The minimum absolute atomic E-state index is 0.188. The van der Waals surface area contributed by atoms with Gasteiger partial charge in [-0.05, 0) is 36.4 Å². The zero-order valence-electron chi connectivity index (χ0n) is 18.0. The Morgan fingerprint density at radius 3 is 2.65 bits per heavy atom. The molecule has 2 aromatic heterocycles. The van der Waals surface area contributed by atoms with Gasteiger partial charge >= 0.3 is 0 Å². The molecule has 1 atom stereocenters. The van der Waals surface area contributed by atoms with Crippen molar-refractivity contribution in [3.05, 3.63) is 65.5 Å². The summed E-state index contributed by atoms with van der Waals surface area (Å²) in [6.07, 6.45) is 1.52. The summed E-state index contributed by atoms with van der Waals surface area (Å²) in [5, 5.41) is 15.5. The number of nitrogens with one attached hydrogen (secondary N) is 2. The first-order chi connectivity index (χ1) is 16.5. The lowest BCUT2D eigenvalue weighted by atomic mass is 10.1. The van der Waals surface area contributed by atoms with E-state index in [1.165, 1.54) is 11.3 Å². The summed E-state index contributed by atoms with van der Waals surface area (Å²) in [6.45, 7) is 2.27. The molecule has 1 fully saturated rings. The molecule has 1 saturated heterocycles. The second-order valence-electron chi connectivity index (χ2n) is 7.42. The van der Waals surface area contributed by atoms with Crippen molar-refractivity contribution >= 4 is 28.3 Å². The number of benzene rings is 2. The van der Waals surface area contributed by atoms with Crippen LogP contribution in [0.5, 0.6) is 17.2 Å². The van der Waals surface area contributed by atoms with Crippen molar-refractivity contribution in [2.24, 2.45) is 0 Å². The van der Waals surface area contributed by atoms with Gasteiger partial charge in [0.1, 0.15) is 17.2 Å². The van der Waals surface area contributed by atoms with Gasteiger partial charge in [0.25, 0.3) is 11.8 Å². The van der Waals surface area contributed by atoms with E-state index < -0.39 is 6.10 Å². The van der Waals surface area contributed by atoms with Crippen molar-refractivity contribution in [1.29, 1.82) is 0 Å². The standard InChI is InChI=1S/C23H19N5O5S/c1-13-27-28-22(31-13)14-2-4-16(5-3-14)32-17-10-15(20(29)26-23-25-8-9-34-23)11-18(12-17)33-19-6-7-24-21(19)30/h2-5,8-12,19H,6-7H2,1H3,(H,24,30)(H,25,26,29). The van der Waals surface area contributed by atoms with E-state index in [-0.39, 0.29) is 11.8 Å². The highest BCUT2D eigenvalue weighted by atomic mass is 32.1. The number of amides is 2. The summed E-state index contributed by atoms with van der Waals surface area (Å²) >= 11 is 1.31. The Balaban J connectivity index is 1.39. The molecule has 0 saturated carbocycles. The van der Waals surface area contributed by atoms with Crippen molar-refractivity contribution in [2.45, 2.75) is 19.4 Å². The Hall–Kier alpha value is -4.25. The Morgan fingerprint density at radius 1 is 1.15 bits per heavy atom. The van der Waals surface area contributed by atoms with Gasteiger partial charge in [-0.25, -0.2) is 4.98 Å². The summed E-state index contributed by atoms with van der Waals surface area (Å²) in [5.41, 5.74) is 1.06. The lowest BCUT2D eigenvalue weighted by Gasteiger charge is -2.14. The van der Waals surface area contributed by atoms with E-state index in [9.17, 15) is 9.59 Å². The lowest BCUT2D eigenvalue weighted by Crippen LogP contribution is -2.27. The van der Waals surface area contributed by atoms with Gasteiger partial charge < -0.3 is 19.2 Å². The van der Waals surface area contributed by atoms with Crippen molar-refractivity contribution in [2.75, 3.05) is 11.9 Å². The average Bonchev–Trinajstić information content (AvgIpc) is 3.58. The molecule has 1 unspecified atom stereocenters. The van der Waals surface area contributed by atoms with Crippen LogP contribution in [-0.4, -0.2) is 39.6 Å². The Bertz CT molecular complexity index is 1320. The average molecular weight is 478 g/mol. The van der Waals surface area contributed by atoms with E-state index in [2.05, 4.69) is 25.8 Å². The van der Waals surface area contributed by atoms with Crippen LogP contribution in [0.3, 0.4) is 0 Å². The first-order valence-corrected chi connectivity index (χ1v) is 11.3. The molecule has 3 heterocycles. The molecule has 172 valence electrons. The molecule has 2 N–H and O–H groups in total. The molecule has 10 nitrogen and oxygen atoms in total. The highest BCUT2D eigenvalue weighted by Gasteiger charge is 2.26. The predicted molar refractivity (Wildman–Crippen MR) is 123 cm³/mol. The molecular formula is C23H19N5O5S. The SMILES string of the molecule is Cc1nnc(-c2ccc(Oc3cc(OC4CCNC4=O)cc(C(=O)Nc4nccs4)c3)cc2)o1. The van der Waals surface area contributed by atoms with E-state index >= 15 is 0 Å². The summed E-state index contributed by atoms with van der Waals surface area (Å²) in [4.78, 5) is 28.9. The van der Waals surface area contributed by atoms with Crippen LogP contribution in [-0.2, 0) is 4.79 Å². The molecule has 0 bridgehead atoms. The fourth-order valence-electron chi connectivity index (χ4n) is 3.35. The van der Waals surface area contributed by atoms with Gasteiger partial charge in [0, 0.05) is 48.7 Å². The molecule has 1 aliphatic rings. The number of thiazole rings is 1. The molecule has 1 aliphatic heterocycles. The number of rotatable bonds is 7. The van der Waals surface area contributed by atoms with Crippen LogP contribution < -0.4 is 20.1 Å². The zero-order chi connectivity index (χ0) is 23.5. The Kier molecular flexibility index (Phi) is 5.91. The third-order valence-corrected chi connectivity index (χ3v) is 5.62. The van der Waals surface area contributed by atoms with Crippen molar-refractivity contribution in [3.8, 4) is 28.7 Å². The summed E-state index contributed by atoms with van der Waals surface area (Å²) in [5.74, 6) is 1.59. The molecule has 0 radical (unpaired) electrons. The smallest absolute Gasteiger partial charge is 0.261 e. The van der Waals surface area contributed by atoms with Crippen LogP contribution in [0.15, 0.2) is 58.5 Å². The fourth-order valence-corrected chi connectivity index (χ4v) is 3.87. The van der Waals surface area contributed by atoms with E-state index in [0.29, 0.717) is 52.7 Å². The molecule has 0 spiro atoms. The molecular weight excluding hydrogens is 458 g/mol. The third kappa shape index (κ3) is 4.89. The number of anilines is 1. The molecule has 34 heavy (non-hydrogen) atoms. The fraction of sp³-hybridized carbons (Fsp3) is 0.174. The maximum absolute atomic E-state index is 12.8. The number of carbonyl (C=O) groups is 2. The van der Waals surface area contributed by atoms with Crippen LogP contribution in [0.1, 0.15) is 22.7 Å². The highest BCUT2D eigenvalue weighted by Crippen LogP contribution is 2.30. The van der Waals surface area contributed by atoms with Crippen LogP contribution in [0, 0.1) is 6.92 Å². The maximum Gasteiger partial charge on any atom is 0.261 e. The van der Waals surface area contributed by atoms with Crippen LogP contribution in [0.4, 0.5) is 5.13 Å². The minimum atomic E-state index is -0.623. The first-order valence-electron chi connectivity index (χ1n) is 10.4. The molecule has 2 aromatic carbocycles.